The van der Waals surface area contributed by atoms with Gasteiger partial charge in [-0.2, -0.15) is 0 Å². The van der Waals surface area contributed by atoms with Gasteiger partial charge in [-0.3, -0.25) is 28.8 Å². The number of Topliss-reactive ketones (excluding diaryl/α,β-unsaturated/α-hetero) is 1. The predicted octanol–water partition coefficient (Wildman–Crippen LogP) is 1.12. The summed E-state index contributed by atoms with van der Waals surface area (Å²) in [6, 6.07) is 10.3. The molecule has 41 heavy (non-hydrogen) atoms. The Morgan fingerprint density at radius 1 is 0.854 bits per heavy atom. The maximum Gasteiger partial charge on any atom is 0.290 e. The summed E-state index contributed by atoms with van der Waals surface area (Å²) in [5.41, 5.74) is 6.29. The number of amides is 5. The molecule has 4 unspecified atom stereocenters. The zero-order chi connectivity index (χ0) is 30.7. The molecular formula is C30H41N5O6. The molecular weight excluding hydrogens is 526 g/mol. The number of nitrogens with one attached hydrogen (secondary N) is 4. The zero-order valence-corrected chi connectivity index (χ0v) is 24.3. The molecule has 11 nitrogen and oxygen atoms in total. The van der Waals surface area contributed by atoms with E-state index in [2.05, 4.69) is 21.3 Å². The van der Waals surface area contributed by atoms with Crippen LogP contribution < -0.4 is 27.0 Å². The first kappa shape index (κ1) is 32.9. The van der Waals surface area contributed by atoms with Crippen molar-refractivity contribution in [2.45, 2.75) is 72.0 Å². The van der Waals surface area contributed by atoms with Crippen LogP contribution >= 0.6 is 0 Å². The Bertz CT molecular complexity index is 1280. The smallest absolute Gasteiger partial charge is 0.290 e. The Morgan fingerprint density at radius 3 is 2.10 bits per heavy atom. The molecule has 0 spiro atoms. The summed E-state index contributed by atoms with van der Waals surface area (Å²) in [6.07, 6.45) is 0.973. The normalized spacial score (nSPS) is 13.9. The number of ketones is 1. The average molecular weight is 568 g/mol. The van der Waals surface area contributed by atoms with E-state index in [0.29, 0.717) is 12.8 Å². The van der Waals surface area contributed by atoms with E-state index in [1.165, 1.54) is 6.92 Å². The molecule has 0 radical (unpaired) electrons. The van der Waals surface area contributed by atoms with Gasteiger partial charge in [-0.15, -0.1) is 0 Å². The summed E-state index contributed by atoms with van der Waals surface area (Å²) in [5, 5.41) is 12.0. The fraction of sp³-hybridized carbons (Fsp3) is 0.467. The van der Waals surface area contributed by atoms with E-state index in [1.807, 2.05) is 56.3 Å². The standard InChI is InChI=1S/C30H41N5O6/c1-6-18(4)26(35-29(40)24(13-17(2)3)33-19(5)36)27(38)30(41)32-16-25(37)34-23(28(31)39)15-20-11-12-21-9-7-8-10-22(21)14-20/h7-12,14,17-18,23-24,26H,6,13,15-16H2,1-5H3,(H2,31,39)(H,32,41)(H,33,36)(H,34,37)(H,35,40). The molecule has 2 rings (SSSR count). The highest BCUT2D eigenvalue weighted by Crippen LogP contribution is 2.17. The molecule has 0 aliphatic rings. The maximum absolute atomic E-state index is 13.0. The molecule has 4 atom stereocenters. The molecule has 0 heterocycles. The van der Waals surface area contributed by atoms with Gasteiger partial charge in [-0.1, -0.05) is 76.6 Å². The van der Waals surface area contributed by atoms with Crippen LogP contribution in [0.2, 0.25) is 0 Å². The SMILES string of the molecule is CCC(C)C(NC(=O)C(CC(C)C)NC(C)=O)C(=O)C(=O)NCC(=O)NC(Cc1ccc2ccccc2c1)C(N)=O. The molecule has 2 aromatic rings. The van der Waals surface area contributed by atoms with Gasteiger partial charge in [0.2, 0.25) is 29.4 Å². The van der Waals surface area contributed by atoms with Gasteiger partial charge in [0.05, 0.1) is 12.6 Å². The second-order valence-corrected chi connectivity index (χ2v) is 10.7. The van der Waals surface area contributed by atoms with Crippen molar-refractivity contribution in [1.82, 2.24) is 21.3 Å². The number of nitrogens with two attached hydrogens (primary N) is 1. The third kappa shape index (κ3) is 10.3. The van der Waals surface area contributed by atoms with Gasteiger partial charge < -0.3 is 27.0 Å². The minimum Gasteiger partial charge on any atom is -0.368 e. The van der Waals surface area contributed by atoms with Crippen molar-refractivity contribution >= 4 is 46.1 Å². The molecule has 0 aromatic heterocycles. The number of primary amides is 1. The topological polar surface area (TPSA) is 177 Å². The van der Waals surface area contributed by atoms with E-state index in [0.717, 1.165) is 16.3 Å². The van der Waals surface area contributed by atoms with Crippen LogP contribution in [0.3, 0.4) is 0 Å². The Labute approximate surface area is 240 Å². The van der Waals surface area contributed by atoms with Gasteiger partial charge in [0.1, 0.15) is 12.1 Å². The second-order valence-electron chi connectivity index (χ2n) is 10.7. The number of hydrogen-bond acceptors (Lipinski definition) is 6. The predicted molar refractivity (Wildman–Crippen MR) is 155 cm³/mol. The summed E-state index contributed by atoms with van der Waals surface area (Å²) in [5.74, 6) is -4.71. The van der Waals surface area contributed by atoms with E-state index in [-0.39, 0.29) is 12.3 Å². The lowest BCUT2D eigenvalue weighted by molar-refractivity contribution is -0.142. The van der Waals surface area contributed by atoms with Crippen LogP contribution in [0.5, 0.6) is 0 Å². The van der Waals surface area contributed by atoms with Crippen molar-refractivity contribution in [3.8, 4) is 0 Å². The maximum atomic E-state index is 13.0. The molecule has 0 aliphatic heterocycles. The second kappa shape index (κ2) is 15.5. The van der Waals surface area contributed by atoms with Crippen LogP contribution in [-0.2, 0) is 35.2 Å². The lowest BCUT2D eigenvalue weighted by Crippen LogP contribution is -2.56. The highest BCUT2D eigenvalue weighted by molar-refractivity contribution is 6.38. The lowest BCUT2D eigenvalue weighted by atomic mass is 9.94. The summed E-state index contributed by atoms with van der Waals surface area (Å²) >= 11 is 0. The Balaban J connectivity index is 2.02. The van der Waals surface area contributed by atoms with E-state index in [1.54, 1.807) is 13.8 Å². The van der Waals surface area contributed by atoms with E-state index < -0.39 is 65.9 Å². The van der Waals surface area contributed by atoms with Crippen LogP contribution in [0.1, 0.15) is 53.0 Å². The molecule has 0 aliphatic carbocycles. The van der Waals surface area contributed by atoms with Gasteiger partial charge >= 0.3 is 0 Å². The van der Waals surface area contributed by atoms with Gasteiger partial charge in [-0.25, -0.2) is 0 Å². The van der Waals surface area contributed by atoms with Crippen molar-refractivity contribution in [2.75, 3.05) is 6.54 Å². The third-order valence-corrected chi connectivity index (χ3v) is 6.76. The fourth-order valence-corrected chi connectivity index (χ4v) is 4.36. The number of hydrogen-bond donors (Lipinski definition) is 5. The Morgan fingerprint density at radius 2 is 1.51 bits per heavy atom. The minimum absolute atomic E-state index is 0.0858. The van der Waals surface area contributed by atoms with Crippen LogP contribution in [0.15, 0.2) is 42.5 Å². The van der Waals surface area contributed by atoms with Crippen molar-refractivity contribution in [3.63, 3.8) is 0 Å². The molecule has 0 saturated heterocycles. The first-order valence-electron chi connectivity index (χ1n) is 13.8. The lowest BCUT2D eigenvalue weighted by Gasteiger charge is -2.26. The van der Waals surface area contributed by atoms with Crippen LogP contribution in [0.25, 0.3) is 10.8 Å². The first-order valence-corrected chi connectivity index (χ1v) is 13.8. The van der Waals surface area contributed by atoms with E-state index in [9.17, 15) is 28.8 Å². The van der Waals surface area contributed by atoms with Crippen LogP contribution in [0.4, 0.5) is 0 Å². The molecule has 222 valence electrons. The average Bonchev–Trinajstić information content (AvgIpc) is 2.92. The van der Waals surface area contributed by atoms with Gasteiger partial charge in [0.15, 0.2) is 0 Å². The zero-order valence-electron chi connectivity index (χ0n) is 24.3. The van der Waals surface area contributed by atoms with Gasteiger partial charge in [-0.05, 0) is 34.6 Å². The molecule has 2 aromatic carbocycles. The minimum atomic E-state index is -1.16. The number of rotatable bonds is 15. The van der Waals surface area contributed by atoms with Gasteiger partial charge in [0, 0.05) is 13.3 Å². The van der Waals surface area contributed by atoms with Gasteiger partial charge in [0.25, 0.3) is 5.91 Å². The molecule has 0 fully saturated rings. The molecule has 6 N–H and O–H groups in total. The highest BCUT2D eigenvalue weighted by atomic mass is 16.2. The highest BCUT2D eigenvalue weighted by Gasteiger charge is 2.33. The quantitative estimate of drug-likeness (QED) is 0.201. The molecule has 0 saturated carbocycles. The summed E-state index contributed by atoms with van der Waals surface area (Å²) in [6.45, 7) is 8.02. The fourth-order valence-electron chi connectivity index (χ4n) is 4.36. The monoisotopic (exact) mass is 567 g/mol. The van der Waals surface area contributed by atoms with Crippen molar-refractivity contribution in [3.05, 3.63) is 48.0 Å². The molecule has 11 heteroatoms. The van der Waals surface area contributed by atoms with E-state index in [4.69, 9.17) is 5.73 Å². The van der Waals surface area contributed by atoms with Crippen molar-refractivity contribution in [1.29, 1.82) is 0 Å². The number of carbonyl (C=O) groups excluding carboxylic acids is 6. The van der Waals surface area contributed by atoms with Crippen molar-refractivity contribution in [2.24, 2.45) is 17.6 Å². The largest absolute Gasteiger partial charge is 0.368 e. The third-order valence-electron chi connectivity index (χ3n) is 6.76. The Kier molecular flexibility index (Phi) is 12.4. The van der Waals surface area contributed by atoms with Crippen LogP contribution in [0, 0.1) is 11.8 Å². The summed E-state index contributed by atoms with van der Waals surface area (Å²) < 4.78 is 0. The van der Waals surface area contributed by atoms with Crippen molar-refractivity contribution < 1.29 is 28.8 Å². The van der Waals surface area contributed by atoms with Crippen LogP contribution in [-0.4, -0.2) is 60.0 Å². The number of carbonyl (C=O) groups is 6. The first-order chi connectivity index (χ1) is 19.3. The number of benzene rings is 2. The van der Waals surface area contributed by atoms with E-state index >= 15 is 0 Å². The summed E-state index contributed by atoms with van der Waals surface area (Å²) in [4.78, 5) is 74.8. The Hall–Kier alpha value is -4.28. The molecule has 5 amide bonds. The molecule has 0 bridgehead atoms. The summed E-state index contributed by atoms with van der Waals surface area (Å²) in [7, 11) is 0. The number of fused-ring (bicyclic) bond motifs is 1.